The van der Waals surface area contributed by atoms with Crippen molar-refractivity contribution in [2.24, 2.45) is 11.0 Å². The van der Waals surface area contributed by atoms with Gasteiger partial charge in [-0.25, -0.2) is 11.0 Å². The van der Waals surface area contributed by atoms with E-state index in [1.54, 1.807) is 0 Å². The van der Waals surface area contributed by atoms with Gasteiger partial charge < -0.3 is 4.52 Å². The molecule has 0 bridgehead atoms. The molecule has 0 rings (SSSR count). The lowest BCUT2D eigenvalue weighted by Crippen LogP contribution is -2.09. The first-order chi connectivity index (χ1) is 4.06. The van der Waals surface area contributed by atoms with Crippen LogP contribution < -0.4 is 11.0 Å². The first kappa shape index (κ1) is 9.40. The zero-order valence-electron chi connectivity index (χ0n) is 4.92. The summed E-state index contributed by atoms with van der Waals surface area (Å²) in [6, 6.07) is 0. The summed E-state index contributed by atoms with van der Waals surface area (Å²) >= 11 is 5.28. The zero-order chi connectivity index (χ0) is 7.33. The molecule has 6 heteroatoms. The van der Waals surface area contributed by atoms with E-state index in [9.17, 15) is 4.57 Å². The molecule has 0 saturated heterocycles. The number of hydrogen-bond donors (Lipinski definition) is 2. The Hall–Kier alpha value is 0.400. The highest BCUT2D eigenvalue weighted by Crippen LogP contribution is 2.25. The lowest BCUT2D eigenvalue weighted by molar-refractivity contribution is 0.315. The van der Waals surface area contributed by atoms with Crippen LogP contribution in [0.2, 0.25) is 0 Å². The maximum atomic E-state index is 10.4. The first-order valence-corrected chi connectivity index (χ1v) is 4.74. The Morgan fingerprint density at radius 2 is 2.11 bits per heavy atom. The molecule has 0 aliphatic rings. The number of rotatable bonds is 4. The van der Waals surface area contributed by atoms with Crippen molar-refractivity contribution >= 4 is 19.3 Å². The van der Waals surface area contributed by atoms with Gasteiger partial charge in [-0.1, -0.05) is 0 Å². The summed E-state index contributed by atoms with van der Waals surface area (Å²) < 4.78 is 14.9. The van der Waals surface area contributed by atoms with E-state index in [1.807, 2.05) is 0 Å². The second kappa shape index (κ2) is 4.25. The van der Waals surface area contributed by atoms with E-state index >= 15 is 0 Å². The standard InChI is InChI=1S/C3H10ClN2O2P/c4-2-1-3-8-9(5,6)7/h1-3H2,(H4,5,6,7). The van der Waals surface area contributed by atoms with Gasteiger partial charge in [0.25, 0.3) is 0 Å². The highest BCUT2D eigenvalue weighted by atomic mass is 35.5. The summed E-state index contributed by atoms with van der Waals surface area (Å²) in [4.78, 5) is 0. The summed E-state index contributed by atoms with van der Waals surface area (Å²) in [7, 11) is -3.25. The fourth-order valence-electron chi connectivity index (χ4n) is 0.262. The molecule has 56 valence electrons. The molecule has 4 nitrogen and oxygen atoms in total. The van der Waals surface area contributed by atoms with E-state index in [-0.39, 0.29) is 6.61 Å². The van der Waals surface area contributed by atoms with Gasteiger partial charge in [-0.2, -0.15) is 0 Å². The predicted octanol–water partition coefficient (Wildman–Crippen LogP) is 0.657. The lowest BCUT2D eigenvalue weighted by atomic mass is 10.5. The minimum absolute atomic E-state index is 0.258. The second-order valence-electron chi connectivity index (χ2n) is 1.52. The molecule has 0 heterocycles. The average Bonchev–Trinajstić information content (AvgIpc) is 1.63. The molecule has 9 heavy (non-hydrogen) atoms. The summed E-state index contributed by atoms with van der Waals surface area (Å²) in [6.07, 6.45) is 0.611. The minimum atomic E-state index is -3.25. The van der Waals surface area contributed by atoms with Gasteiger partial charge in [0.15, 0.2) is 0 Å². The summed E-state index contributed by atoms with van der Waals surface area (Å²) in [5, 5.41) is 0. The number of halogens is 1. The van der Waals surface area contributed by atoms with Crippen molar-refractivity contribution in [2.45, 2.75) is 6.42 Å². The Morgan fingerprint density at radius 3 is 2.44 bits per heavy atom. The SMILES string of the molecule is NP(N)(=O)OCCCCl. The van der Waals surface area contributed by atoms with Crippen LogP contribution in [0.1, 0.15) is 6.42 Å². The molecule has 0 unspecified atom stereocenters. The van der Waals surface area contributed by atoms with E-state index in [1.165, 1.54) is 0 Å². The Kier molecular flexibility index (Phi) is 4.44. The Balaban J connectivity index is 3.18. The fourth-order valence-corrected chi connectivity index (χ4v) is 0.785. The van der Waals surface area contributed by atoms with Gasteiger partial charge in [0.2, 0.25) is 0 Å². The third-order valence-electron chi connectivity index (χ3n) is 0.571. The quantitative estimate of drug-likeness (QED) is 0.371. The Bertz CT molecular complexity index is 114. The minimum Gasteiger partial charge on any atom is -0.306 e. The number of nitrogens with two attached hydrogens (primary N) is 2. The van der Waals surface area contributed by atoms with Crippen molar-refractivity contribution in [3.8, 4) is 0 Å². The van der Waals surface area contributed by atoms with Gasteiger partial charge in [0.1, 0.15) is 0 Å². The molecule has 0 saturated carbocycles. The van der Waals surface area contributed by atoms with Crippen molar-refractivity contribution in [1.82, 2.24) is 0 Å². The molecule has 0 aromatic rings. The van der Waals surface area contributed by atoms with Crippen molar-refractivity contribution < 1.29 is 9.09 Å². The van der Waals surface area contributed by atoms with Gasteiger partial charge in [0, 0.05) is 5.88 Å². The third kappa shape index (κ3) is 8.40. The highest BCUT2D eigenvalue weighted by molar-refractivity contribution is 7.53. The zero-order valence-corrected chi connectivity index (χ0v) is 6.57. The molecule has 0 atom stereocenters. The topological polar surface area (TPSA) is 78.3 Å². The predicted molar refractivity (Wildman–Crippen MR) is 37.3 cm³/mol. The summed E-state index contributed by atoms with van der Waals surface area (Å²) in [5.74, 6) is 0.458. The van der Waals surface area contributed by atoms with Crippen LogP contribution in [-0.2, 0) is 9.09 Å². The molecule has 0 aromatic heterocycles. The van der Waals surface area contributed by atoms with E-state index < -0.39 is 7.67 Å². The van der Waals surface area contributed by atoms with Crippen LogP contribution in [0.5, 0.6) is 0 Å². The highest BCUT2D eigenvalue weighted by Gasteiger charge is 2.06. The van der Waals surface area contributed by atoms with Crippen LogP contribution in [0.25, 0.3) is 0 Å². The normalized spacial score (nSPS) is 11.9. The Morgan fingerprint density at radius 1 is 1.56 bits per heavy atom. The smallest absolute Gasteiger partial charge is 0.306 e. The summed E-state index contributed by atoms with van der Waals surface area (Å²) in [5.41, 5.74) is 9.69. The largest absolute Gasteiger partial charge is 0.335 e. The molecule has 0 aromatic carbocycles. The molecule has 4 N–H and O–H groups in total. The van der Waals surface area contributed by atoms with Crippen LogP contribution in [-0.4, -0.2) is 12.5 Å². The monoisotopic (exact) mass is 172 g/mol. The molecule has 0 radical (unpaired) electrons. The second-order valence-corrected chi connectivity index (χ2v) is 3.45. The molecular weight excluding hydrogens is 162 g/mol. The first-order valence-electron chi connectivity index (χ1n) is 2.44. The molecular formula is C3H10ClN2O2P. The molecule has 0 amide bonds. The average molecular weight is 173 g/mol. The fraction of sp³-hybridized carbons (Fsp3) is 1.00. The van der Waals surface area contributed by atoms with Gasteiger partial charge in [-0.15, -0.1) is 11.6 Å². The van der Waals surface area contributed by atoms with Gasteiger partial charge in [-0.05, 0) is 6.42 Å². The summed E-state index contributed by atoms with van der Waals surface area (Å²) in [6.45, 7) is 0.258. The van der Waals surface area contributed by atoms with E-state index in [2.05, 4.69) is 4.52 Å². The van der Waals surface area contributed by atoms with Crippen molar-refractivity contribution in [2.75, 3.05) is 12.5 Å². The van der Waals surface area contributed by atoms with Crippen LogP contribution in [0.3, 0.4) is 0 Å². The number of hydrogen-bond acceptors (Lipinski definition) is 2. The maximum Gasteiger partial charge on any atom is 0.335 e. The van der Waals surface area contributed by atoms with Crippen LogP contribution in [0.15, 0.2) is 0 Å². The van der Waals surface area contributed by atoms with Crippen LogP contribution in [0.4, 0.5) is 0 Å². The lowest BCUT2D eigenvalue weighted by Gasteiger charge is -2.04. The third-order valence-corrected chi connectivity index (χ3v) is 1.42. The van der Waals surface area contributed by atoms with Gasteiger partial charge in [0.05, 0.1) is 6.61 Å². The van der Waals surface area contributed by atoms with Crippen LogP contribution >= 0.6 is 19.3 Å². The van der Waals surface area contributed by atoms with E-state index in [0.717, 1.165) is 0 Å². The Labute approximate surface area is 59.1 Å². The maximum absolute atomic E-state index is 10.4. The van der Waals surface area contributed by atoms with E-state index in [0.29, 0.717) is 12.3 Å². The molecule has 0 aliphatic carbocycles. The number of alkyl halides is 1. The van der Waals surface area contributed by atoms with Crippen LogP contribution in [0, 0.1) is 0 Å². The van der Waals surface area contributed by atoms with Crippen molar-refractivity contribution in [3.05, 3.63) is 0 Å². The van der Waals surface area contributed by atoms with Crippen molar-refractivity contribution in [1.29, 1.82) is 0 Å². The van der Waals surface area contributed by atoms with E-state index in [4.69, 9.17) is 22.6 Å². The van der Waals surface area contributed by atoms with Crippen molar-refractivity contribution in [3.63, 3.8) is 0 Å². The molecule has 0 spiro atoms. The van der Waals surface area contributed by atoms with Gasteiger partial charge >= 0.3 is 7.67 Å². The molecule has 0 aliphatic heterocycles. The molecule has 0 fully saturated rings. The van der Waals surface area contributed by atoms with Gasteiger partial charge in [-0.3, -0.25) is 4.57 Å².